The Labute approximate surface area is 136 Å². The van der Waals surface area contributed by atoms with E-state index >= 15 is 0 Å². The summed E-state index contributed by atoms with van der Waals surface area (Å²) in [6.07, 6.45) is 0. The lowest BCUT2D eigenvalue weighted by Crippen LogP contribution is -2.30. The highest BCUT2D eigenvalue weighted by Gasteiger charge is 2.19. The van der Waals surface area contributed by atoms with Gasteiger partial charge in [0.15, 0.2) is 0 Å². The van der Waals surface area contributed by atoms with Gasteiger partial charge >= 0.3 is 0 Å². The van der Waals surface area contributed by atoms with Crippen LogP contribution in [-0.2, 0) is 6.54 Å². The Morgan fingerprint density at radius 1 is 1.10 bits per heavy atom. The lowest BCUT2D eigenvalue weighted by molar-refractivity contribution is 0.242. The predicted octanol–water partition coefficient (Wildman–Crippen LogP) is 4.43. The zero-order valence-corrected chi connectivity index (χ0v) is 13.8. The van der Waals surface area contributed by atoms with Crippen molar-refractivity contribution < 1.29 is 0 Å². The fourth-order valence-electron chi connectivity index (χ4n) is 2.41. The molecule has 0 heterocycles. The van der Waals surface area contributed by atoms with Gasteiger partial charge in [0.25, 0.3) is 0 Å². The van der Waals surface area contributed by atoms with E-state index in [1.165, 1.54) is 11.1 Å². The number of nitrogens with two attached hydrogens (primary N) is 1. The standard InChI is InChI=1S/C17H20Cl2N2/c1-12-6-8-13(9-7-12)11-21(2)16(10-20)14-4-3-5-15(18)17(14)19/h3-9,16H,10-11,20H2,1-2H3. The molecule has 0 aromatic heterocycles. The number of benzene rings is 2. The van der Waals surface area contributed by atoms with Crippen LogP contribution in [-0.4, -0.2) is 18.5 Å². The van der Waals surface area contributed by atoms with Crippen LogP contribution in [0.3, 0.4) is 0 Å². The van der Waals surface area contributed by atoms with Gasteiger partial charge in [0.1, 0.15) is 0 Å². The third-order valence-electron chi connectivity index (χ3n) is 3.65. The fourth-order valence-corrected chi connectivity index (χ4v) is 2.85. The first kappa shape index (κ1) is 16.3. The van der Waals surface area contributed by atoms with Crippen molar-refractivity contribution >= 4 is 23.2 Å². The van der Waals surface area contributed by atoms with Crippen molar-refractivity contribution in [2.75, 3.05) is 13.6 Å². The van der Waals surface area contributed by atoms with E-state index in [9.17, 15) is 0 Å². The summed E-state index contributed by atoms with van der Waals surface area (Å²) in [6, 6.07) is 14.2. The Hall–Kier alpha value is -1.06. The second kappa shape index (κ2) is 7.28. The Balaban J connectivity index is 2.20. The molecule has 0 fully saturated rings. The minimum atomic E-state index is 0.0394. The molecular formula is C17H20Cl2N2. The molecule has 0 bridgehead atoms. The van der Waals surface area contributed by atoms with Crippen LogP contribution in [0.1, 0.15) is 22.7 Å². The van der Waals surface area contributed by atoms with Crippen LogP contribution in [0.4, 0.5) is 0 Å². The number of likely N-dealkylation sites (N-methyl/N-ethyl adjacent to an activating group) is 1. The van der Waals surface area contributed by atoms with Crippen molar-refractivity contribution in [3.05, 3.63) is 69.2 Å². The van der Waals surface area contributed by atoms with Gasteiger partial charge in [-0.25, -0.2) is 0 Å². The summed E-state index contributed by atoms with van der Waals surface area (Å²) in [5, 5.41) is 1.15. The van der Waals surface area contributed by atoms with E-state index < -0.39 is 0 Å². The van der Waals surface area contributed by atoms with Crippen LogP contribution in [0.5, 0.6) is 0 Å². The number of hydrogen-bond acceptors (Lipinski definition) is 2. The van der Waals surface area contributed by atoms with Gasteiger partial charge in [-0.15, -0.1) is 0 Å². The molecule has 21 heavy (non-hydrogen) atoms. The van der Waals surface area contributed by atoms with Crippen LogP contribution in [0.25, 0.3) is 0 Å². The summed E-state index contributed by atoms with van der Waals surface area (Å²) in [5.74, 6) is 0. The zero-order chi connectivity index (χ0) is 15.4. The van der Waals surface area contributed by atoms with Crippen LogP contribution < -0.4 is 5.73 Å². The second-order valence-corrected chi connectivity index (χ2v) is 6.08. The molecule has 0 aliphatic carbocycles. The molecule has 0 amide bonds. The molecule has 0 saturated carbocycles. The van der Waals surface area contributed by atoms with Crippen LogP contribution in [0, 0.1) is 6.92 Å². The van der Waals surface area contributed by atoms with Crippen molar-refractivity contribution in [2.24, 2.45) is 5.73 Å². The topological polar surface area (TPSA) is 29.3 Å². The molecule has 2 nitrogen and oxygen atoms in total. The molecule has 0 aliphatic rings. The van der Waals surface area contributed by atoms with E-state index in [4.69, 9.17) is 28.9 Å². The maximum Gasteiger partial charge on any atom is 0.0640 e. The number of rotatable bonds is 5. The van der Waals surface area contributed by atoms with Gasteiger partial charge < -0.3 is 5.73 Å². The highest BCUT2D eigenvalue weighted by Crippen LogP contribution is 2.32. The zero-order valence-electron chi connectivity index (χ0n) is 12.3. The average Bonchev–Trinajstić information content (AvgIpc) is 2.47. The molecule has 112 valence electrons. The highest BCUT2D eigenvalue weighted by molar-refractivity contribution is 6.42. The van der Waals surface area contributed by atoms with Gasteiger partial charge in [-0.1, -0.05) is 65.2 Å². The largest absolute Gasteiger partial charge is 0.329 e. The summed E-state index contributed by atoms with van der Waals surface area (Å²) in [4.78, 5) is 2.20. The van der Waals surface area contributed by atoms with Crippen LogP contribution in [0.15, 0.2) is 42.5 Å². The van der Waals surface area contributed by atoms with E-state index in [-0.39, 0.29) is 6.04 Å². The minimum absolute atomic E-state index is 0.0394. The average molecular weight is 323 g/mol. The Morgan fingerprint density at radius 3 is 2.38 bits per heavy atom. The van der Waals surface area contributed by atoms with E-state index in [2.05, 4.69) is 43.1 Å². The lowest BCUT2D eigenvalue weighted by atomic mass is 10.0. The third kappa shape index (κ3) is 3.98. The van der Waals surface area contributed by atoms with Crippen molar-refractivity contribution in [2.45, 2.75) is 19.5 Å². The van der Waals surface area contributed by atoms with Gasteiger partial charge in [-0.2, -0.15) is 0 Å². The molecule has 4 heteroatoms. The molecule has 0 radical (unpaired) electrons. The normalized spacial score (nSPS) is 12.7. The van der Waals surface area contributed by atoms with Crippen molar-refractivity contribution in [3.63, 3.8) is 0 Å². The second-order valence-electron chi connectivity index (χ2n) is 5.30. The van der Waals surface area contributed by atoms with Crippen molar-refractivity contribution in [3.8, 4) is 0 Å². The Bertz CT molecular complexity index is 596. The molecule has 2 rings (SSSR count). The number of nitrogens with zero attached hydrogens (tertiary/aromatic N) is 1. The first-order valence-corrected chi connectivity index (χ1v) is 7.68. The van der Waals surface area contributed by atoms with Gasteiger partial charge in [0, 0.05) is 19.1 Å². The minimum Gasteiger partial charge on any atom is -0.329 e. The van der Waals surface area contributed by atoms with Gasteiger partial charge in [0.2, 0.25) is 0 Å². The molecule has 1 atom stereocenters. The molecule has 0 saturated heterocycles. The Morgan fingerprint density at radius 2 is 1.76 bits per heavy atom. The number of hydrogen-bond donors (Lipinski definition) is 1. The van der Waals surface area contributed by atoms with Crippen LogP contribution in [0.2, 0.25) is 10.0 Å². The summed E-state index contributed by atoms with van der Waals surface area (Å²) in [7, 11) is 2.05. The third-order valence-corrected chi connectivity index (χ3v) is 4.48. The van der Waals surface area contributed by atoms with Gasteiger partial charge in [-0.05, 0) is 31.2 Å². The van der Waals surface area contributed by atoms with Crippen molar-refractivity contribution in [1.29, 1.82) is 0 Å². The molecule has 1 unspecified atom stereocenters. The summed E-state index contributed by atoms with van der Waals surface area (Å²) >= 11 is 12.4. The number of aryl methyl sites for hydroxylation is 1. The van der Waals surface area contributed by atoms with E-state index in [0.29, 0.717) is 16.6 Å². The summed E-state index contributed by atoms with van der Waals surface area (Å²) in [5.41, 5.74) is 9.44. The monoisotopic (exact) mass is 322 g/mol. The SMILES string of the molecule is Cc1ccc(CN(C)C(CN)c2cccc(Cl)c2Cl)cc1. The first-order valence-electron chi connectivity index (χ1n) is 6.92. The van der Waals surface area contributed by atoms with Gasteiger partial charge in [-0.3, -0.25) is 4.90 Å². The summed E-state index contributed by atoms with van der Waals surface area (Å²) < 4.78 is 0. The first-order chi connectivity index (χ1) is 10.0. The predicted molar refractivity (Wildman–Crippen MR) is 90.9 cm³/mol. The molecule has 2 N–H and O–H groups in total. The smallest absolute Gasteiger partial charge is 0.0640 e. The molecule has 0 aliphatic heterocycles. The summed E-state index contributed by atoms with van der Waals surface area (Å²) in [6.45, 7) is 3.38. The van der Waals surface area contributed by atoms with Crippen LogP contribution >= 0.6 is 23.2 Å². The molecule has 2 aromatic rings. The molecular weight excluding hydrogens is 303 g/mol. The number of halogens is 2. The van der Waals surface area contributed by atoms with E-state index in [1.807, 2.05) is 12.1 Å². The highest BCUT2D eigenvalue weighted by atomic mass is 35.5. The van der Waals surface area contributed by atoms with E-state index in [0.717, 1.165) is 12.1 Å². The van der Waals surface area contributed by atoms with Crippen molar-refractivity contribution in [1.82, 2.24) is 4.90 Å². The Kier molecular flexibility index (Phi) is 5.65. The van der Waals surface area contributed by atoms with E-state index in [1.54, 1.807) is 6.07 Å². The molecule has 2 aromatic carbocycles. The maximum absolute atomic E-state index is 6.32. The maximum atomic E-state index is 6.32. The quantitative estimate of drug-likeness (QED) is 0.882. The molecule has 0 spiro atoms. The van der Waals surface area contributed by atoms with Gasteiger partial charge in [0.05, 0.1) is 10.0 Å². The lowest BCUT2D eigenvalue weighted by Gasteiger charge is -2.28. The fraction of sp³-hybridized carbons (Fsp3) is 0.294.